The molecule has 0 saturated carbocycles. The maximum absolute atomic E-state index is 12.1. The van der Waals surface area contributed by atoms with Crippen LogP contribution in [0.3, 0.4) is 0 Å². The van der Waals surface area contributed by atoms with Gasteiger partial charge in [-0.25, -0.2) is 0 Å². The number of ketones is 1. The highest BCUT2D eigenvalue weighted by Crippen LogP contribution is 2.33. The van der Waals surface area contributed by atoms with Gasteiger partial charge in [0, 0.05) is 20.0 Å². The zero-order valence-corrected chi connectivity index (χ0v) is 11.3. The van der Waals surface area contributed by atoms with E-state index in [1.807, 2.05) is 0 Å². The summed E-state index contributed by atoms with van der Waals surface area (Å²) in [5.74, 6) is 0.168. The topological polar surface area (TPSA) is 55.8 Å². The second-order valence-corrected chi connectivity index (χ2v) is 4.52. The molecular formula is C14H17NO4. The van der Waals surface area contributed by atoms with Gasteiger partial charge >= 0.3 is 0 Å². The second-order valence-electron chi connectivity index (χ2n) is 4.52. The monoisotopic (exact) mass is 263 g/mol. The van der Waals surface area contributed by atoms with E-state index in [1.165, 1.54) is 7.11 Å². The third-order valence-corrected chi connectivity index (χ3v) is 3.38. The van der Waals surface area contributed by atoms with Crippen molar-refractivity contribution in [1.82, 2.24) is 4.90 Å². The summed E-state index contributed by atoms with van der Waals surface area (Å²) in [7, 11) is 4.78. The van der Waals surface area contributed by atoms with E-state index in [-0.39, 0.29) is 11.7 Å². The summed E-state index contributed by atoms with van der Waals surface area (Å²) in [4.78, 5) is 25.7. The normalized spacial score (nSPS) is 19.5. The minimum absolute atomic E-state index is 0.0460. The summed E-state index contributed by atoms with van der Waals surface area (Å²) < 4.78 is 10.4. The number of hydrogen-bond donors (Lipinski definition) is 0. The molecule has 5 nitrogen and oxygen atoms in total. The van der Waals surface area contributed by atoms with Crippen molar-refractivity contribution in [1.29, 1.82) is 0 Å². The zero-order valence-electron chi connectivity index (χ0n) is 11.3. The molecule has 0 bridgehead atoms. The van der Waals surface area contributed by atoms with Crippen molar-refractivity contribution in [3.63, 3.8) is 0 Å². The molecule has 1 heterocycles. The Labute approximate surface area is 112 Å². The molecule has 1 saturated heterocycles. The second kappa shape index (κ2) is 5.30. The maximum Gasteiger partial charge on any atom is 0.237 e. The van der Waals surface area contributed by atoms with E-state index in [2.05, 4.69) is 0 Å². The van der Waals surface area contributed by atoms with Gasteiger partial charge in [0.1, 0.15) is 5.92 Å². The van der Waals surface area contributed by atoms with Gasteiger partial charge in [-0.1, -0.05) is 6.07 Å². The summed E-state index contributed by atoms with van der Waals surface area (Å²) in [5.41, 5.74) is 0.652. The highest BCUT2D eigenvalue weighted by molar-refractivity contribution is 6.08. The van der Waals surface area contributed by atoms with E-state index >= 15 is 0 Å². The van der Waals surface area contributed by atoms with Crippen molar-refractivity contribution in [2.24, 2.45) is 0 Å². The molecule has 0 N–H and O–H groups in total. The van der Waals surface area contributed by atoms with Gasteiger partial charge in [-0.05, 0) is 17.7 Å². The molecule has 1 aromatic rings. The number of hydrogen-bond acceptors (Lipinski definition) is 4. The Morgan fingerprint density at radius 1 is 1.16 bits per heavy atom. The zero-order chi connectivity index (χ0) is 14.0. The van der Waals surface area contributed by atoms with E-state index in [0.29, 0.717) is 30.0 Å². The number of rotatable bonds is 3. The molecule has 19 heavy (non-hydrogen) atoms. The lowest BCUT2D eigenvalue weighted by Crippen LogP contribution is -2.42. The Morgan fingerprint density at radius 2 is 1.84 bits per heavy atom. The SMILES string of the molecule is COc1ccc(C2C(=O)CCN(C)C2=O)cc1OC. The molecule has 1 fully saturated rings. The van der Waals surface area contributed by atoms with Gasteiger partial charge < -0.3 is 14.4 Å². The number of Topliss-reactive ketones (excluding diaryl/α,β-unsaturated/α-hetero) is 1. The average Bonchev–Trinajstić information content (AvgIpc) is 2.43. The van der Waals surface area contributed by atoms with Crippen molar-refractivity contribution in [3.8, 4) is 11.5 Å². The van der Waals surface area contributed by atoms with Crippen molar-refractivity contribution < 1.29 is 19.1 Å². The van der Waals surface area contributed by atoms with Crippen LogP contribution in [-0.4, -0.2) is 44.4 Å². The molecule has 1 amide bonds. The van der Waals surface area contributed by atoms with Gasteiger partial charge in [0.2, 0.25) is 5.91 Å². The van der Waals surface area contributed by atoms with Gasteiger partial charge in [0.25, 0.3) is 0 Å². The van der Waals surface area contributed by atoms with Crippen LogP contribution in [0.15, 0.2) is 18.2 Å². The van der Waals surface area contributed by atoms with E-state index in [0.717, 1.165) is 0 Å². The van der Waals surface area contributed by atoms with Crippen LogP contribution >= 0.6 is 0 Å². The molecule has 0 spiro atoms. The number of nitrogens with zero attached hydrogens (tertiary/aromatic N) is 1. The number of ether oxygens (including phenoxy) is 2. The van der Waals surface area contributed by atoms with Crippen molar-refractivity contribution in [3.05, 3.63) is 23.8 Å². The van der Waals surface area contributed by atoms with Crippen LogP contribution < -0.4 is 9.47 Å². The first kappa shape index (κ1) is 13.4. The lowest BCUT2D eigenvalue weighted by atomic mass is 9.88. The number of carbonyl (C=O) groups is 2. The Balaban J connectivity index is 2.40. The van der Waals surface area contributed by atoms with Crippen molar-refractivity contribution in [2.45, 2.75) is 12.3 Å². The minimum atomic E-state index is -0.724. The highest BCUT2D eigenvalue weighted by Gasteiger charge is 2.35. The van der Waals surface area contributed by atoms with Crippen LogP contribution in [0.4, 0.5) is 0 Å². The Hall–Kier alpha value is -2.04. The number of piperidine rings is 1. The molecule has 1 aliphatic rings. The molecule has 0 radical (unpaired) electrons. The molecule has 0 aliphatic carbocycles. The third kappa shape index (κ3) is 2.41. The Kier molecular flexibility index (Phi) is 3.74. The summed E-state index contributed by atoms with van der Waals surface area (Å²) in [5, 5.41) is 0. The average molecular weight is 263 g/mol. The molecule has 1 atom stereocenters. The molecule has 1 aromatic carbocycles. The standard InChI is InChI=1S/C14H17NO4/c1-15-7-6-10(16)13(14(15)17)9-4-5-11(18-2)12(8-9)19-3/h4-5,8,13H,6-7H2,1-3H3. The van der Waals surface area contributed by atoms with Gasteiger partial charge in [-0.3, -0.25) is 9.59 Å². The summed E-state index contributed by atoms with van der Waals surface area (Å²) in [6.45, 7) is 0.488. The fraction of sp³-hybridized carbons (Fsp3) is 0.429. The van der Waals surface area contributed by atoms with E-state index in [9.17, 15) is 9.59 Å². The van der Waals surface area contributed by atoms with E-state index in [4.69, 9.17) is 9.47 Å². The van der Waals surface area contributed by atoms with Gasteiger partial charge in [0.15, 0.2) is 17.3 Å². The fourth-order valence-electron chi connectivity index (χ4n) is 2.25. The largest absolute Gasteiger partial charge is 0.493 e. The molecule has 5 heteroatoms. The quantitative estimate of drug-likeness (QED) is 0.769. The van der Waals surface area contributed by atoms with E-state index < -0.39 is 5.92 Å². The lowest BCUT2D eigenvalue weighted by molar-refractivity contribution is -0.140. The van der Waals surface area contributed by atoms with E-state index in [1.54, 1.807) is 37.3 Å². The van der Waals surface area contributed by atoms with Crippen molar-refractivity contribution >= 4 is 11.7 Å². The molecule has 1 aliphatic heterocycles. The molecule has 1 unspecified atom stereocenters. The van der Waals surface area contributed by atoms with Crippen LogP contribution in [-0.2, 0) is 9.59 Å². The van der Waals surface area contributed by atoms with Crippen LogP contribution in [0.5, 0.6) is 11.5 Å². The third-order valence-electron chi connectivity index (χ3n) is 3.38. The van der Waals surface area contributed by atoms with Gasteiger partial charge in [0.05, 0.1) is 14.2 Å². The number of benzene rings is 1. The fourth-order valence-corrected chi connectivity index (χ4v) is 2.25. The molecule has 2 rings (SSSR count). The summed E-state index contributed by atoms with van der Waals surface area (Å²) in [6, 6.07) is 5.14. The molecular weight excluding hydrogens is 246 g/mol. The maximum atomic E-state index is 12.1. The Morgan fingerprint density at radius 3 is 2.47 bits per heavy atom. The number of likely N-dealkylation sites (N-methyl/N-ethyl adjacent to an activating group) is 1. The minimum Gasteiger partial charge on any atom is -0.493 e. The summed E-state index contributed by atoms with van der Waals surface area (Å²) in [6.07, 6.45) is 0.390. The van der Waals surface area contributed by atoms with Crippen LogP contribution in [0.25, 0.3) is 0 Å². The number of methoxy groups -OCH3 is 2. The molecule has 0 aromatic heterocycles. The van der Waals surface area contributed by atoms with Gasteiger partial charge in [-0.2, -0.15) is 0 Å². The van der Waals surface area contributed by atoms with Crippen LogP contribution in [0, 0.1) is 0 Å². The number of likely N-dealkylation sites (tertiary alicyclic amines) is 1. The predicted molar refractivity (Wildman–Crippen MR) is 69.5 cm³/mol. The summed E-state index contributed by atoms with van der Waals surface area (Å²) >= 11 is 0. The smallest absolute Gasteiger partial charge is 0.237 e. The lowest BCUT2D eigenvalue weighted by Gasteiger charge is -2.28. The van der Waals surface area contributed by atoms with Gasteiger partial charge in [-0.15, -0.1) is 0 Å². The number of carbonyl (C=O) groups excluding carboxylic acids is 2. The predicted octanol–water partition coefficient (Wildman–Crippen LogP) is 1.22. The molecule has 102 valence electrons. The first-order chi connectivity index (χ1) is 9.08. The van der Waals surface area contributed by atoms with Crippen molar-refractivity contribution in [2.75, 3.05) is 27.8 Å². The van der Waals surface area contributed by atoms with Crippen LogP contribution in [0.2, 0.25) is 0 Å². The van der Waals surface area contributed by atoms with Crippen LogP contribution in [0.1, 0.15) is 17.9 Å². The Bertz CT molecular complexity index is 512. The highest BCUT2D eigenvalue weighted by atomic mass is 16.5. The first-order valence-corrected chi connectivity index (χ1v) is 6.08. The first-order valence-electron chi connectivity index (χ1n) is 6.08. The number of amides is 1.